The third kappa shape index (κ3) is 2.34. The van der Waals surface area contributed by atoms with Gasteiger partial charge in [-0.15, -0.1) is 0 Å². The first kappa shape index (κ1) is 9.78. The van der Waals surface area contributed by atoms with Crippen molar-refractivity contribution in [2.75, 3.05) is 0 Å². The largest absolute Gasteiger partial charge is 0.101 e. The topological polar surface area (TPSA) is 0 Å². The van der Waals surface area contributed by atoms with Crippen LogP contribution in [0.2, 0.25) is 12.1 Å². The third-order valence-corrected chi connectivity index (χ3v) is 7.02. The van der Waals surface area contributed by atoms with Crippen LogP contribution in [0.15, 0.2) is 23.6 Å². The average Bonchev–Trinajstić information content (AvgIpc) is 2.02. The minimum atomic E-state index is -0.946. The molecular weight excluding hydrogens is 160 g/mol. The molecule has 0 nitrogen and oxygen atoms in total. The molecule has 68 valence electrons. The lowest BCUT2D eigenvalue weighted by Gasteiger charge is -2.34. The highest BCUT2D eigenvalue weighted by atomic mass is 28.3. The van der Waals surface area contributed by atoms with Crippen molar-refractivity contribution in [2.24, 2.45) is 0 Å². The van der Waals surface area contributed by atoms with Gasteiger partial charge in [0.2, 0.25) is 0 Å². The molecule has 1 rings (SSSR count). The van der Waals surface area contributed by atoms with Gasteiger partial charge in [-0.2, -0.15) is 0 Å². The molecule has 0 aromatic heterocycles. The van der Waals surface area contributed by atoms with Gasteiger partial charge in [0.05, 0.1) is 0 Å². The van der Waals surface area contributed by atoms with Crippen molar-refractivity contribution >= 4 is 8.07 Å². The highest BCUT2D eigenvalue weighted by molar-refractivity contribution is 6.91. The molecule has 0 aromatic rings. The summed E-state index contributed by atoms with van der Waals surface area (Å²) in [5, 5.41) is 0. The van der Waals surface area contributed by atoms with E-state index in [-0.39, 0.29) is 0 Å². The summed E-state index contributed by atoms with van der Waals surface area (Å²) in [5.41, 5.74) is 5.09. The Morgan fingerprint density at radius 3 is 1.75 bits per heavy atom. The maximum atomic E-state index is 2.54. The minimum absolute atomic E-state index is 0.946. The molecule has 0 saturated carbocycles. The standard InChI is InChI=1S/C11H20Si/c1-3-5-8-12(9-6-4-2)10-7-11-12/h5-6,8-9H,3-4,7,10-11H2,1-2H3/b8-5+,9-6+. The smallest absolute Gasteiger partial charge is 0.0944 e. The van der Waals surface area contributed by atoms with Gasteiger partial charge in [-0.1, -0.05) is 55.9 Å². The highest BCUT2D eigenvalue weighted by Gasteiger charge is 2.33. The summed E-state index contributed by atoms with van der Waals surface area (Å²) in [6.07, 6.45) is 8.61. The Bertz CT molecular complexity index is 159. The second kappa shape index (κ2) is 4.66. The van der Waals surface area contributed by atoms with Crippen molar-refractivity contribution in [2.45, 2.75) is 45.2 Å². The van der Waals surface area contributed by atoms with Gasteiger partial charge >= 0.3 is 0 Å². The fourth-order valence-corrected chi connectivity index (χ4v) is 5.04. The van der Waals surface area contributed by atoms with Gasteiger partial charge in [-0.25, -0.2) is 0 Å². The average molecular weight is 180 g/mol. The van der Waals surface area contributed by atoms with Gasteiger partial charge in [0, 0.05) is 0 Å². The first-order valence-corrected chi connectivity index (χ1v) is 7.75. The maximum absolute atomic E-state index is 2.54. The molecular formula is C11H20Si. The van der Waals surface area contributed by atoms with E-state index in [2.05, 4.69) is 37.4 Å². The summed E-state index contributed by atoms with van der Waals surface area (Å²) in [6, 6.07) is 3.00. The second-order valence-electron chi connectivity index (χ2n) is 3.71. The molecule has 1 heterocycles. The molecule has 0 atom stereocenters. The Morgan fingerprint density at radius 1 is 1.00 bits per heavy atom. The van der Waals surface area contributed by atoms with E-state index < -0.39 is 8.07 Å². The normalized spacial score (nSPS) is 21.8. The minimum Gasteiger partial charge on any atom is -0.0944 e. The molecule has 0 aliphatic carbocycles. The molecule has 0 radical (unpaired) electrons. The summed E-state index contributed by atoms with van der Waals surface area (Å²) in [4.78, 5) is 0. The lowest BCUT2D eigenvalue weighted by Crippen LogP contribution is -2.37. The van der Waals surface area contributed by atoms with Crippen molar-refractivity contribution in [3.05, 3.63) is 23.6 Å². The van der Waals surface area contributed by atoms with E-state index >= 15 is 0 Å². The van der Waals surface area contributed by atoms with E-state index in [9.17, 15) is 0 Å². The van der Waals surface area contributed by atoms with E-state index in [4.69, 9.17) is 0 Å². The predicted molar refractivity (Wildman–Crippen MR) is 58.8 cm³/mol. The van der Waals surface area contributed by atoms with Crippen molar-refractivity contribution < 1.29 is 0 Å². The Hall–Kier alpha value is -0.303. The zero-order valence-electron chi connectivity index (χ0n) is 8.34. The van der Waals surface area contributed by atoms with Gasteiger partial charge in [-0.05, 0) is 12.8 Å². The van der Waals surface area contributed by atoms with Crippen molar-refractivity contribution in [3.63, 3.8) is 0 Å². The molecule has 1 aliphatic rings. The van der Waals surface area contributed by atoms with Crippen LogP contribution in [0.1, 0.15) is 33.1 Å². The molecule has 1 aliphatic heterocycles. The lowest BCUT2D eigenvalue weighted by atomic mass is 10.5. The summed E-state index contributed by atoms with van der Waals surface area (Å²) in [7, 11) is -0.946. The van der Waals surface area contributed by atoms with Gasteiger partial charge in [0.15, 0.2) is 0 Å². The Labute approximate surface area is 77.4 Å². The summed E-state index contributed by atoms with van der Waals surface area (Å²) >= 11 is 0. The zero-order chi connectivity index (χ0) is 8.86. The third-order valence-electron chi connectivity index (χ3n) is 2.66. The lowest BCUT2D eigenvalue weighted by molar-refractivity contribution is 0.923. The van der Waals surface area contributed by atoms with Crippen LogP contribution in [0.4, 0.5) is 0 Å². The van der Waals surface area contributed by atoms with Crippen LogP contribution in [-0.4, -0.2) is 8.07 Å². The van der Waals surface area contributed by atoms with E-state index in [1.807, 2.05) is 0 Å². The van der Waals surface area contributed by atoms with Gasteiger partial charge < -0.3 is 0 Å². The quantitative estimate of drug-likeness (QED) is 0.576. The Morgan fingerprint density at radius 2 is 1.50 bits per heavy atom. The van der Waals surface area contributed by atoms with Gasteiger partial charge in [0.1, 0.15) is 8.07 Å². The first-order valence-electron chi connectivity index (χ1n) is 5.18. The molecule has 0 amide bonds. The molecule has 1 saturated heterocycles. The molecule has 0 aromatic carbocycles. The van der Waals surface area contributed by atoms with Crippen LogP contribution >= 0.6 is 0 Å². The summed E-state index contributed by atoms with van der Waals surface area (Å²) in [5.74, 6) is 0. The van der Waals surface area contributed by atoms with E-state index in [1.165, 1.54) is 31.4 Å². The fourth-order valence-electron chi connectivity index (χ4n) is 1.68. The SMILES string of the molecule is CC/C=C/[Si]1(/C=C/CC)CCC1. The van der Waals surface area contributed by atoms with Gasteiger partial charge in [-0.3, -0.25) is 0 Å². The molecule has 0 bridgehead atoms. The van der Waals surface area contributed by atoms with Crippen molar-refractivity contribution in [1.29, 1.82) is 0 Å². The molecule has 0 N–H and O–H groups in total. The maximum Gasteiger partial charge on any atom is 0.101 e. The number of hydrogen-bond acceptors (Lipinski definition) is 0. The molecule has 0 spiro atoms. The summed E-state index contributed by atoms with van der Waals surface area (Å²) in [6.45, 7) is 4.45. The molecule has 1 fully saturated rings. The van der Waals surface area contributed by atoms with Crippen LogP contribution in [0.5, 0.6) is 0 Å². The van der Waals surface area contributed by atoms with Crippen LogP contribution in [0.25, 0.3) is 0 Å². The van der Waals surface area contributed by atoms with Crippen LogP contribution in [0, 0.1) is 0 Å². The number of allylic oxidation sites excluding steroid dienone is 2. The Kier molecular flexibility index (Phi) is 3.80. The molecule has 0 unspecified atom stereocenters. The second-order valence-corrected chi connectivity index (χ2v) is 7.84. The predicted octanol–water partition coefficient (Wildman–Crippen LogP) is 3.85. The van der Waals surface area contributed by atoms with Crippen molar-refractivity contribution in [3.8, 4) is 0 Å². The van der Waals surface area contributed by atoms with Gasteiger partial charge in [0.25, 0.3) is 0 Å². The van der Waals surface area contributed by atoms with Crippen LogP contribution in [0.3, 0.4) is 0 Å². The summed E-state index contributed by atoms with van der Waals surface area (Å²) < 4.78 is 0. The fraction of sp³-hybridized carbons (Fsp3) is 0.636. The molecule has 1 heteroatoms. The first-order chi connectivity index (χ1) is 5.83. The zero-order valence-corrected chi connectivity index (χ0v) is 9.34. The number of hydrogen-bond donors (Lipinski definition) is 0. The van der Waals surface area contributed by atoms with E-state index in [0.717, 1.165) is 0 Å². The van der Waals surface area contributed by atoms with E-state index in [1.54, 1.807) is 0 Å². The number of rotatable bonds is 4. The van der Waals surface area contributed by atoms with Crippen molar-refractivity contribution in [1.82, 2.24) is 0 Å². The van der Waals surface area contributed by atoms with Crippen LogP contribution < -0.4 is 0 Å². The Balaban J connectivity index is 2.50. The monoisotopic (exact) mass is 180 g/mol. The highest BCUT2D eigenvalue weighted by Crippen LogP contribution is 2.34. The molecule has 12 heavy (non-hydrogen) atoms. The van der Waals surface area contributed by atoms with E-state index in [0.29, 0.717) is 0 Å². The van der Waals surface area contributed by atoms with Crippen LogP contribution in [-0.2, 0) is 0 Å².